The lowest BCUT2D eigenvalue weighted by atomic mass is 10.2. The molecule has 11 heteroatoms. The number of benzene rings is 1. The summed E-state index contributed by atoms with van der Waals surface area (Å²) in [7, 11) is 0. The Bertz CT molecular complexity index is 1050. The Morgan fingerprint density at radius 2 is 1.67 bits per heavy atom. The molecule has 0 fully saturated rings. The fourth-order valence-electron chi connectivity index (χ4n) is 2.23. The van der Waals surface area contributed by atoms with Crippen LogP contribution in [0.3, 0.4) is 0 Å². The standard InChI is InChI=1S/C17H17N5O.C2HF3O2/c1-11-8-18-9-16(20-11)17(23)21-14-4-6-15(7-5-14)22-10-19-12(2)13(22)3;3-2(4,5)1(6)7/h4-10H,1-3H3,(H,21,23);(H,6,7). The maximum Gasteiger partial charge on any atom is 0.490 e. The van der Waals surface area contributed by atoms with Gasteiger partial charge in [0.2, 0.25) is 0 Å². The summed E-state index contributed by atoms with van der Waals surface area (Å²) in [5.41, 5.74) is 4.80. The number of nitrogens with one attached hydrogen (secondary N) is 1. The van der Waals surface area contributed by atoms with Crippen LogP contribution in [0.4, 0.5) is 18.9 Å². The Hall–Kier alpha value is -3.76. The predicted octanol–water partition coefficient (Wildman–Crippen LogP) is 3.47. The quantitative estimate of drug-likeness (QED) is 0.670. The molecule has 0 saturated heterocycles. The molecule has 2 N–H and O–H groups in total. The van der Waals surface area contributed by atoms with Gasteiger partial charge in [0.25, 0.3) is 5.91 Å². The molecule has 0 aliphatic rings. The van der Waals surface area contributed by atoms with E-state index >= 15 is 0 Å². The second-order valence-corrected chi connectivity index (χ2v) is 6.13. The third kappa shape index (κ3) is 5.87. The van der Waals surface area contributed by atoms with Gasteiger partial charge in [0.15, 0.2) is 0 Å². The van der Waals surface area contributed by atoms with Gasteiger partial charge in [-0.2, -0.15) is 13.2 Å². The van der Waals surface area contributed by atoms with Gasteiger partial charge >= 0.3 is 12.1 Å². The lowest BCUT2D eigenvalue weighted by Gasteiger charge is -2.08. The number of nitrogens with zero attached hydrogens (tertiary/aromatic N) is 4. The number of alkyl halides is 3. The Kier molecular flexibility index (Phi) is 6.88. The summed E-state index contributed by atoms with van der Waals surface area (Å²) in [5.74, 6) is -3.03. The van der Waals surface area contributed by atoms with E-state index in [9.17, 15) is 18.0 Å². The molecule has 3 rings (SSSR count). The maximum absolute atomic E-state index is 12.1. The van der Waals surface area contributed by atoms with E-state index in [1.54, 1.807) is 19.4 Å². The smallest absolute Gasteiger partial charge is 0.475 e. The second-order valence-electron chi connectivity index (χ2n) is 6.13. The van der Waals surface area contributed by atoms with Gasteiger partial charge in [0.1, 0.15) is 5.69 Å². The van der Waals surface area contributed by atoms with E-state index in [-0.39, 0.29) is 5.91 Å². The first-order chi connectivity index (χ1) is 14.0. The van der Waals surface area contributed by atoms with Crippen LogP contribution in [0.15, 0.2) is 43.0 Å². The highest BCUT2D eigenvalue weighted by Crippen LogP contribution is 2.17. The summed E-state index contributed by atoms with van der Waals surface area (Å²) in [6, 6.07) is 7.58. The van der Waals surface area contributed by atoms with Crippen LogP contribution >= 0.6 is 0 Å². The molecule has 0 aliphatic heterocycles. The summed E-state index contributed by atoms with van der Waals surface area (Å²) in [6.45, 7) is 5.80. The molecule has 0 atom stereocenters. The van der Waals surface area contributed by atoms with Crippen LogP contribution in [0.5, 0.6) is 0 Å². The molecule has 30 heavy (non-hydrogen) atoms. The fourth-order valence-corrected chi connectivity index (χ4v) is 2.23. The molecule has 3 aromatic rings. The zero-order valence-corrected chi connectivity index (χ0v) is 16.2. The first-order valence-electron chi connectivity index (χ1n) is 8.50. The monoisotopic (exact) mass is 421 g/mol. The van der Waals surface area contributed by atoms with E-state index in [0.717, 1.165) is 17.1 Å². The number of imidazole rings is 1. The van der Waals surface area contributed by atoms with Gasteiger partial charge in [-0.3, -0.25) is 9.78 Å². The molecule has 1 aromatic carbocycles. The summed E-state index contributed by atoms with van der Waals surface area (Å²) in [6.07, 6.45) is -0.226. The minimum atomic E-state index is -5.08. The third-order valence-electron chi connectivity index (χ3n) is 3.89. The number of rotatable bonds is 3. The molecule has 0 saturated carbocycles. The minimum absolute atomic E-state index is 0.274. The summed E-state index contributed by atoms with van der Waals surface area (Å²) in [4.78, 5) is 33.5. The maximum atomic E-state index is 12.1. The average Bonchev–Trinajstić information content (AvgIpc) is 3.01. The van der Waals surface area contributed by atoms with Gasteiger partial charge in [0.05, 0.1) is 23.9 Å². The van der Waals surface area contributed by atoms with Crippen molar-refractivity contribution < 1.29 is 27.9 Å². The van der Waals surface area contributed by atoms with E-state index < -0.39 is 12.1 Å². The van der Waals surface area contributed by atoms with Crippen molar-refractivity contribution in [1.29, 1.82) is 0 Å². The number of anilines is 1. The summed E-state index contributed by atoms with van der Waals surface area (Å²) >= 11 is 0. The van der Waals surface area contributed by atoms with Gasteiger partial charge in [-0.1, -0.05) is 0 Å². The Morgan fingerprint density at radius 1 is 1.07 bits per heavy atom. The number of halogens is 3. The molecule has 8 nitrogen and oxygen atoms in total. The largest absolute Gasteiger partial charge is 0.490 e. The predicted molar refractivity (Wildman–Crippen MR) is 101 cm³/mol. The van der Waals surface area contributed by atoms with Crippen molar-refractivity contribution in [3.8, 4) is 5.69 Å². The topological polar surface area (TPSA) is 110 Å². The lowest BCUT2D eigenvalue weighted by Crippen LogP contribution is -2.21. The Balaban J connectivity index is 0.000000396. The van der Waals surface area contributed by atoms with Crippen LogP contribution in [0.2, 0.25) is 0 Å². The number of amides is 1. The van der Waals surface area contributed by atoms with Crippen molar-refractivity contribution in [1.82, 2.24) is 19.5 Å². The molecule has 0 bridgehead atoms. The van der Waals surface area contributed by atoms with E-state index in [1.807, 2.05) is 42.7 Å². The van der Waals surface area contributed by atoms with Crippen LogP contribution in [0.25, 0.3) is 5.69 Å². The zero-order chi connectivity index (χ0) is 22.5. The van der Waals surface area contributed by atoms with Crippen molar-refractivity contribution in [3.05, 3.63) is 65.8 Å². The van der Waals surface area contributed by atoms with Crippen molar-refractivity contribution in [2.75, 3.05) is 5.32 Å². The molecule has 0 radical (unpaired) electrons. The van der Waals surface area contributed by atoms with E-state index in [4.69, 9.17) is 9.90 Å². The van der Waals surface area contributed by atoms with Crippen LogP contribution in [-0.2, 0) is 4.79 Å². The number of carboxylic acids is 1. The molecular formula is C19H18F3N5O3. The number of aryl methyl sites for hydroxylation is 2. The second kappa shape index (κ2) is 9.16. The van der Waals surface area contributed by atoms with Crippen molar-refractivity contribution in [2.24, 2.45) is 0 Å². The summed E-state index contributed by atoms with van der Waals surface area (Å²) < 4.78 is 33.7. The minimum Gasteiger partial charge on any atom is -0.475 e. The fraction of sp³-hybridized carbons (Fsp3) is 0.211. The van der Waals surface area contributed by atoms with E-state index in [1.165, 1.54) is 6.20 Å². The van der Waals surface area contributed by atoms with Crippen LogP contribution in [0.1, 0.15) is 27.6 Å². The number of hydrogen-bond donors (Lipinski definition) is 2. The molecule has 1 amide bonds. The third-order valence-corrected chi connectivity index (χ3v) is 3.89. The van der Waals surface area contributed by atoms with E-state index in [2.05, 4.69) is 20.3 Å². The van der Waals surface area contributed by atoms with E-state index in [0.29, 0.717) is 17.1 Å². The van der Waals surface area contributed by atoms with Crippen LogP contribution in [0, 0.1) is 20.8 Å². The van der Waals surface area contributed by atoms with Gasteiger partial charge in [0, 0.05) is 23.3 Å². The molecule has 2 heterocycles. The molecular weight excluding hydrogens is 403 g/mol. The van der Waals surface area contributed by atoms with Gasteiger partial charge in [-0.05, 0) is 45.0 Å². The highest BCUT2D eigenvalue weighted by atomic mass is 19.4. The molecule has 0 spiro atoms. The molecule has 158 valence electrons. The molecule has 2 aromatic heterocycles. The van der Waals surface area contributed by atoms with Gasteiger partial charge < -0.3 is 15.0 Å². The Labute approximate surface area is 169 Å². The lowest BCUT2D eigenvalue weighted by molar-refractivity contribution is -0.192. The first kappa shape index (κ1) is 22.5. The highest BCUT2D eigenvalue weighted by Gasteiger charge is 2.38. The van der Waals surface area contributed by atoms with Gasteiger partial charge in [-0.25, -0.2) is 14.8 Å². The number of aliphatic carboxylic acids is 1. The average molecular weight is 421 g/mol. The number of hydrogen-bond acceptors (Lipinski definition) is 5. The van der Waals surface area contributed by atoms with Crippen LogP contribution in [-0.4, -0.2) is 42.7 Å². The molecule has 0 aliphatic carbocycles. The number of carbonyl (C=O) groups excluding carboxylic acids is 1. The van der Waals surface area contributed by atoms with Crippen molar-refractivity contribution >= 4 is 17.6 Å². The summed E-state index contributed by atoms with van der Waals surface area (Å²) in [5, 5.41) is 9.94. The number of aromatic nitrogens is 4. The Morgan fingerprint density at radius 3 is 2.13 bits per heavy atom. The number of carboxylic acid groups (broad SMARTS) is 1. The SMILES string of the molecule is Cc1cncc(C(=O)Nc2ccc(-n3cnc(C)c3C)cc2)n1.O=C(O)C(F)(F)F. The van der Waals surface area contributed by atoms with Crippen LogP contribution < -0.4 is 5.32 Å². The normalized spacial score (nSPS) is 10.7. The zero-order valence-electron chi connectivity index (χ0n) is 16.2. The van der Waals surface area contributed by atoms with Gasteiger partial charge in [-0.15, -0.1) is 0 Å². The first-order valence-corrected chi connectivity index (χ1v) is 8.50. The van der Waals surface area contributed by atoms with Crippen molar-refractivity contribution in [2.45, 2.75) is 26.9 Å². The number of carbonyl (C=O) groups is 2. The highest BCUT2D eigenvalue weighted by molar-refractivity contribution is 6.02. The van der Waals surface area contributed by atoms with Crippen molar-refractivity contribution in [3.63, 3.8) is 0 Å². The molecule has 0 unspecified atom stereocenters.